The van der Waals surface area contributed by atoms with Crippen LogP contribution in [0, 0.1) is 5.92 Å². The number of hydrogen-bond acceptors (Lipinski definition) is 6. The van der Waals surface area contributed by atoms with Crippen molar-refractivity contribution in [2.24, 2.45) is 5.92 Å². The Bertz CT molecular complexity index is 1130. The summed E-state index contributed by atoms with van der Waals surface area (Å²) in [7, 11) is 0.860. The molecule has 1 aromatic heterocycles. The van der Waals surface area contributed by atoms with Gasteiger partial charge in [0.1, 0.15) is 17.9 Å². The van der Waals surface area contributed by atoms with Gasteiger partial charge in [0.25, 0.3) is 0 Å². The van der Waals surface area contributed by atoms with Crippen LogP contribution in [0.2, 0.25) is 0 Å². The molecule has 1 fully saturated rings. The molecular weight excluding hydrogens is 459 g/mol. The third kappa shape index (κ3) is 4.92. The molecule has 2 aliphatic rings. The number of rotatable bonds is 6. The number of nitrogens with one attached hydrogen (secondary N) is 2. The van der Waals surface area contributed by atoms with E-state index in [1.807, 2.05) is 84.2 Å². The van der Waals surface area contributed by atoms with Gasteiger partial charge < -0.3 is 29.2 Å². The van der Waals surface area contributed by atoms with E-state index in [1.165, 1.54) is 7.11 Å². The van der Waals surface area contributed by atoms with Gasteiger partial charge in [-0.25, -0.2) is 9.78 Å². The lowest BCUT2D eigenvalue weighted by molar-refractivity contribution is -0.135. The molecule has 192 valence electrons. The summed E-state index contributed by atoms with van der Waals surface area (Å²) in [5.41, 5.74) is 1.86. The van der Waals surface area contributed by atoms with E-state index in [1.54, 1.807) is 4.90 Å². The second-order valence-corrected chi connectivity index (χ2v) is 10.6. The highest BCUT2D eigenvalue weighted by Crippen LogP contribution is 2.36. The summed E-state index contributed by atoms with van der Waals surface area (Å²) >= 11 is 0. The van der Waals surface area contributed by atoms with E-state index in [-0.39, 0.29) is 17.9 Å². The number of H-pyrrole nitrogens is 1. The second-order valence-electron chi connectivity index (χ2n) is 10.6. The van der Waals surface area contributed by atoms with Crippen molar-refractivity contribution in [1.82, 2.24) is 20.2 Å². The van der Waals surface area contributed by atoms with Crippen LogP contribution in [-0.4, -0.2) is 64.9 Å². The Morgan fingerprint density at radius 2 is 1.81 bits per heavy atom. The molecule has 10 heteroatoms. The Morgan fingerprint density at radius 1 is 1.17 bits per heavy atom. The summed E-state index contributed by atoms with van der Waals surface area (Å²) < 4.78 is 17.0. The quantitative estimate of drug-likeness (QED) is 0.472. The number of carbonyl (C=O) groups excluding carboxylic acids is 2. The van der Waals surface area contributed by atoms with E-state index in [9.17, 15) is 9.59 Å². The Morgan fingerprint density at radius 3 is 2.39 bits per heavy atom. The Balaban J connectivity index is 1.49. The highest BCUT2D eigenvalue weighted by molar-refractivity contribution is 6.62. The first kappa shape index (κ1) is 26.0. The molecule has 0 spiro atoms. The minimum Gasteiger partial charge on any atom is -0.453 e. The number of imidazole rings is 1. The van der Waals surface area contributed by atoms with Crippen molar-refractivity contribution < 1.29 is 23.6 Å². The number of methoxy groups -OCH3 is 1. The number of aromatic nitrogens is 2. The fourth-order valence-corrected chi connectivity index (χ4v) is 4.29. The topological polar surface area (TPSA) is 106 Å². The molecule has 1 saturated heterocycles. The number of nitrogens with zero attached hydrogens (tertiary/aromatic N) is 2. The largest absolute Gasteiger partial charge is 0.494 e. The molecule has 2 aliphatic heterocycles. The Hall–Kier alpha value is -3.11. The molecule has 0 aliphatic carbocycles. The van der Waals surface area contributed by atoms with E-state index >= 15 is 0 Å². The maximum Gasteiger partial charge on any atom is 0.494 e. The van der Waals surface area contributed by atoms with Crippen LogP contribution < -0.4 is 10.8 Å². The minimum absolute atomic E-state index is 0.104. The van der Waals surface area contributed by atoms with Crippen molar-refractivity contribution in [3.63, 3.8) is 0 Å². The van der Waals surface area contributed by atoms with E-state index < -0.39 is 30.5 Å². The van der Waals surface area contributed by atoms with Crippen LogP contribution in [0.4, 0.5) is 4.79 Å². The van der Waals surface area contributed by atoms with Crippen LogP contribution in [0.15, 0.2) is 42.6 Å². The van der Waals surface area contributed by atoms with Crippen molar-refractivity contribution in [3.05, 3.63) is 48.4 Å². The monoisotopic (exact) mass is 494 g/mol. The third-order valence-corrected chi connectivity index (χ3v) is 7.24. The van der Waals surface area contributed by atoms with Crippen LogP contribution in [-0.2, 0) is 18.8 Å². The molecule has 2 N–H and O–H groups in total. The summed E-state index contributed by atoms with van der Waals surface area (Å²) in [6, 6.07) is 6.91. The Labute approximate surface area is 212 Å². The average molecular weight is 494 g/mol. The number of alkyl carbamates (subject to hydrolysis) is 1. The highest BCUT2D eigenvalue weighted by atomic mass is 16.7. The SMILES string of the molecule is COC(=O)NC(C(=O)N1CC=CC1c1nc(-c2ccc(B3OC(C)(C)C(C)(C)O3)cc2)c[nH]1)C(C)C. The van der Waals surface area contributed by atoms with E-state index in [0.29, 0.717) is 12.4 Å². The Kier molecular flexibility index (Phi) is 7.03. The fraction of sp³-hybridized carbons (Fsp3) is 0.500. The zero-order chi connectivity index (χ0) is 26.3. The average Bonchev–Trinajstić information content (AvgIpc) is 3.54. The third-order valence-electron chi connectivity index (χ3n) is 7.24. The van der Waals surface area contributed by atoms with Crippen LogP contribution in [0.3, 0.4) is 0 Å². The van der Waals surface area contributed by atoms with Crippen molar-refractivity contribution >= 4 is 24.6 Å². The van der Waals surface area contributed by atoms with Crippen LogP contribution >= 0.6 is 0 Å². The molecule has 0 saturated carbocycles. The fourth-order valence-electron chi connectivity index (χ4n) is 4.29. The first-order chi connectivity index (χ1) is 16.9. The summed E-state index contributed by atoms with van der Waals surface area (Å²) in [4.78, 5) is 34.8. The van der Waals surface area contributed by atoms with E-state index in [4.69, 9.17) is 19.0 Å². The number of hydrogen-bond donors (Lipinski definition) is 2. The first-order valence-electron chi connectivity index (χ1n) is 12.3. The second kappa shape index (κ2) is 9.74. The molecule has 3 heterocycles. The lowest BCUT2D eigenvalue weighted by atomic mass is 9.79. The molecule has 2 aromatic rings. The lowest BCUT2D eigenvalue weighted by Crippen LogP contribution is -2.51. The standard InChI is InChI=1S/C26H35BN4O5/c1-16(2)21(30-24(33)34-7)23(32)31-14-8-9-20(31)22-28-15-19(29-22)17-10-12-18(13-11-17)27-35-25(3,4)26(5,6)36-27/h8-13,15-16,20-21H,14H2,1-7H3,(H,28,29)(H,30,33). The maximum absolute atomic E-state index is 13.3. The molecular formula is C26H35BN4O5. The van der Waals surface area contributed by atoms with Gasteiger partial charge in [-0.05, 0) is 39.1 Å². The maximum atomic E-state index is 13.3. The van der Waals surface area contributed by atoms with Gasteiger partial charge in [-0.2, -0.15) is 0 Å². The van der Waals surface area contributed by atoms with E-state index in [0.717, 1.165) is 16.7 Å². The summed E-state index contributed by atoms with van der Waals surface area (Å²) in [6.07, 6.45) is 5.08. The highest BCUT2D eigenvalue weighted by Gasteiger charge is 2.51. The van der Waals surface area contributed by atoms with Gasteiger partial charge in [-0.1, -0.05) is 50.3 Å². The number of aromatic amines is 1. The lowest BCUT2D eigenvalue weighted by Gasteiger charge is -2.32. The van der Waals surface area contributed by atoms with Gasteiger partial charge in [-0.15, -0.1) is 0 Å². The smallest absolute Gasteiger partial charge is 0.453 e. The molecule has 2 unspecified atom stereocenters. The van der Waals surface area contributed by atoms with Gasteiger partial charge in [0.2, 0.25) is 5.91 Å². The summed E-state index contributed by atoms with van der Waals surface area (Å²) in [6.45, 7) is 12.3. The molecule has 0 bridgehead atoms. The zero-order valence-corrected chi connectivity index (χ0v) is 22.0. The predicted molar refractivity (Wildman–Crippen MR) is 138 cm³/mol. The number of benzene rings is 1. The molecule has 0 radical (unpaired) electrons. The van der Waals surface area contributed by atoms with Gasteiger partial charge in [-0.3, -0.25) is 4.79 Å². The van der Waals surface area contributed by atoms with Crippen molar-refractivity contribution in [1.29, 1.82) is 0 Å². The first-order valence-corrected chi connectivity index (χ1v) is 12.3. The molecule has 4 rings (SSSR count). The summed E-state index contributed by atoms with van der Waals surface area (Å²) in [5, 5.41) is 2.65. The number of ether oxygens (including phenoxy) is 1. The van der Waals surface area contributed by atoms with E-state index in [2.05, 4.69) is 10.3 Å². The molecule has 1 aromatic carbocycles. The van der Waals surface area contributed by atoms with Gasteiger partial charge in [0.15, 0.2) is 0 Å². The molecule has 2 atom stereocenters. The van der Waals surface area contributed by atoms with Crippen molar-refractivity contribution in [2.45, 2.75) is 64.8 Å². The van der Waals surface area contributed by atoms with Gasteiger partial charge in [0.05, 0.1) is 24.0 Å². The van der Waals surface area contributed by atoms with Crippen LogP contribution in [0.25, 0.3) is 11.3 Å². The van der Waals surface area contributed by atoms with Crippen LogP contribution in [0.5, 0.6) is 0 Å². The number of carbonyl (C=O) groups is 2. The predicted octanol–water partition coefficient (Wildman–Crippen LogP) is 3.20. The van der Waals surface area contributed by atoms with Gasteiger partial charge in [0, 0.05) is 18.3 Å². The normalized spacial score (nSPS) is 21.2. The van der Waals surface area contributed by atoms with Gasteiger partial charge >= 0.3 is 13.2 Å². The molecule has 36 heavy (non-hydrogen) atoms. The summed E-state index contributed by atoms with van der Waals surface area (Å²) in [5.74, 6) is 0.366. The minimum atomic E-state index is -0.697. The van der Waals surface area contributed by atoms with Crippen molar-refractivity contribution in [2.75, 3.05) is 13.7 Å². The molecule has 9 nitrogen and oxygen atoms in total. The van der Waals surface area contributed by atoms with Crippen molar-refractivity contribution in [3.8, 4) is 11.3 Å². The molecule has 2 amide bonds. The van der Waals surface area contributed by atoms with Crippen LogP contribution in [0.1, 0.15) is 53.4 Å². The zero-order valence-electron chi connectivity index (χ0n) is 22.0. The number of amides is 2.